The molecule has 8 heteroatoms. The fourth-order valence-electron chi connectivity index (χ4n) is 0.764. The summed E-state index contributed by atoms with van der Waals surface area (Å²) in [5, 5.41) is 14.6. The SMILES string of the molecule is N#Cc1cnc(N)c(C(F)(F)F)c1.[C-]#N.[Cu+]. The average molecular weight is 277 g/mol. The number of anilines is 1. The number of aromatic nitrogens is 1. The second kappa shape index (κ2) is 6.67. The molecular weight excluding hydrogens is 273 g/mol. The minimum atomic E-state index is -4.57. The molecule has 1 aromatic rings. The number of hydrogen-bond donors (Lipinski definition) is 1. The molecule has 0 radical (unpaired) electrons. The molecule has 0 spiro atoms. The van der Waals surface area contributed by atoms with E-state index >= 15 is 0 Å². The quantitative estimate of drug-likeness (QED) is 0.576. The first-order chi connectivity index (χ1) is 6.95. The summed E-state index contributed by atoms with van der Waals surface area (Å²) in [6, 6.07) is 2.22. The van der Waals surface area contributed by atoms with Crippen molar-refractivity contribution >= 4 is 5.82 Å². The van der Waals surface area contributed by atoms with Gasteiger partial charge in [0.1, 0.15) is 11.9 Å². The second-order valence-electron chi connectivity index (χ2n) is 2.27. The smallest absolute Gasteiger partial charge is 0.512 e. The predicted octanol–water partition coefficient (Wildman–Crippen LogP) is 1.65. The topological polar surface area (TPSA) is 86.5 Å². The van der Waals surface area contributed by atoms with Crippen LogP contribution < -0.4 is 5.73 Å². The van der Waals surface area contributed by atoms with Gasteiger partial charge in [0.05, 0.1) is 11.1 Å². The van der Waals surface area contributed by atoms with Crippen molar-refractivity contribution in [2.75, 3.05) is 5.73 Å². The first-order valence-corrected chi connectivity index (χ1v) is 3.40. The predicted molar refractivity (Wildman–Crippen MR) is 43.3 cm³/mol. The summed E-state index contributed by atoms with van der Waals surface area (Å²) in [5.41, 5.74) is 3.75. The number of nitrogens with zero attached hydrogens (tertiary/aromatic N) is 3. The van der Waals surface area contributed by atoms with E-state index in [0.29, 0.717) is 6.07 Å². The van der Waals surface area contributed by atoms with Gasteiger partial charge < -0.3 is 17.6 Å². The molecule has 0 aliphatic carbocycles. The Morgan fingerprint density at radius 2 is 1.88 bits per heavy atom. The summed E-state index contributed by atoms with van der Waals surface area (Å²) < 4.78 is 36.4. The van der Waals surface area contributed by atoms with Gasteiger partial charge in [-0.2, -0.15) is 18.4 Å². The maximum Gasteiger partial charge on any atom is 1.00 e. The van der Waals surface area contributed by atoms with Crippen LogP contribution in [0.1, 0.15) is 11.1 Å². The molecule has 0 amide bonds. The van der Waals surface area contributed by atoms with Crippen LogP contribution in [0.2, 0.25) is 0 Å². The maximum atomic E-state index is 12.1. The van der Waals surface area contributed by atoms with Gasteiger partial charge in [0, 0.05) is 6.20 Å². The number of nitrogen functional groups attached to an aromatic ring is 1. The molecule has 0 bridgehead atoms. The van der Waals surface area contributed by atoms with Crippen LogP contribution in [0.4, 0.5) is 19.0 Å². The van der Waals surface area contributed by atoms with Gasteiger partial charge in [-0.05, 0) is 6.07 Å². The summed E-state index contributed by atoms with van der Waals surface area (Å²) in [6.07, 6.45) is -3.57. The molecule has 0 aliphatic rings. The molecule has 16 heavy (non-hydrogen) atoms. The molecule has 0 atom stereocenters. The van der Waals surface area contributed by atoms with E-state index in [2.05, 4.69) is 4.98 Å². The third kappa shape index (κ3) is 4.18. The van der Waals surface area contributed by atoms with Crippen molar-refractivity contribution in [2.24, 2.45) is 0 Å². The number of hydrogen-bond acceptors (Lipinski definition) is 4. The summed E-state index contributed by atoms with van der Waals surface area (Å²) in [7, 11) is 0. The zero-order valence-electron chi connectivity index (χ0n) is 7.51. The standard InChI is InChI=1S/C7H4F3N3.CN.Cu/c8-7(9,10)5-1-4(2-11)3-13-6(5)12;1-2;/h1,3H,(H2,12,13);;/q;-1;+1. The van der Waals surface area contributed by atoms with Crippen molar-refractivity contribution < 1.29 is 30.2 Å². The summed E-state index contributed by atoms with van der Waals surface area (Å²) in [6.45, 7) is 4.75. The first-order valence-electron chi connectivity index (χ1n) is 3.40. The number of nitrogens with two attached hydrogens (primary N) is 1. The Morgan fingerprint density at radius 1 is 1.38 bits per heavy atom. The molecule has 1 rings (SSSR count). The van der Waals surface area contributed by atoms with Crippen LogP contribution in [-0.4, -0.2) is 4.98 Å². The van der Waals surface area contributed by atoms with Crippen LogP contribution >= 0.6 is 0 Å². The van der Waals surface area contributed by atoms with E-state index in [4.69, 9.17) is 22.8 Å². The van der Waals surface area contributed by atoms with Gasteiger partial charge in [-0.1, -0.05) is 0 Å². The molecule has 2 N–H and O–H groups in total. The van der Waals surface area contributed by atoms with Gasteiger partial charge in [0.15, 0.2) is 0 Å². The Kier molecular flexibility index (Phi) is 6.95. The Hall–Kier alpha value is -1.76. The number of halogens is 3. The monoisotopic (exact) mass is 276 g/mol. The number of pyridine rings is 1. The Bertz CT molecular complexity index is 408. The Morgan fingerprint density at radius 3 is 2.25 bits per heavy atom. The van der Waals surface area contributed by atoms with Gasteiger partial charge in [-0.15, -0.1) is 0 Å². The molecule has 1 heterocycles. The van der Waals surface area contributed by atoms with E-state index in [1.807, 2.05) is 0 Å². The molecule has 0 saturated carbocycles. The van der Waals surface area contributed by atoms with E-state index in [9.17, 15) is 13.2 Å². The largest absolute Gasteiger partial charge is 1.00 e. The number of nitriles is 1. The van der Waals surface area contributed by atoms with E-state index < -0.39 is 17.6 Å². The third-order valence-electron chi connectivity index (χ3n) is 1.35. The zero-order valence-corrected chi connectivity index (χ0v) is 8.45. The third-order valence-corrected chi connectivity index (χ3v) is 1.35. The van der Waals surface area contributed by atoms with E-state index in [1.54, 1.807) is 6.07 Å². The van der Waals surface area contributed by atoms with Crippen molar-refractivity contribution in [3.63, 3.8) is 0 Å². The van der Waals surface area contributed by atoms with Crippen molar-refractivity contribution in [1.82, 2.24) is 4.98 Å². The van der Waals surface area contributed by atoms with Gasteiger partial charge in [-0.3, -0.25) is 0 Å². The molecule has 0 aromatic carbocycles. The normalized spacial score (nSPS) is 9.00. The number of alkyl halides is 3. The van der Waals surface area contributed by atoms with Gasteiger partial charge in [0.25, 0.3) is 0 Å². The Balaban J connectivity index is 0. The van der Waals surface area contributed by atoms with Crippen LogP contribution in [0.25, 0.3) is 0 Å². The van der Waals surface area contributed by atoms with Crippen LogP contribution in [0.15, 0.2) is 12.3 Å². The molecule has 0 saturated heterocycles. The fourth-order valence-corrected chi connectivity index (χ4v) is 0.764. The van der Waals surface area contributed by atoms with Gasteiger partial charge in [-0.25, -0.2) is 4.98 Å². The summed E-state index contributed by atoms with van der Waals surface area (Å²) in [4.78, 5) is 3.25. The van der Waals surface area contributed by atoms with Crippen molar-refractivity contribution in [1.29, 1.82) is 10.5 Å². The minimum absolute atomic E-state index is 0. The molecule has 0 fully saturated rings. The minimum Gasteiger partial charge on any atom is -0.512 e. The van der Waals surface area contributed by atoms with Crippen molar-refractivity contribution in [3.05, 3.63) is 30.0 Å². The van der Waals surface area contributed by atoms with E-state index in [-0.39, 0.29) is 22.6 Å². The second-order valence-corrected chi connectivity index (χ2v) is 2.27. The maximum absolute atomic E-state index is 12.1. The molecule has 0 unspecified atom stereocenters. The van der Waals surface area contributed by atoms with Crippen LogP contribution in [0.5, 0.6) is 0 Å². The van der Waals surface area contributed by atoms with E-state index in [0.717, 1.165) is 6.20 Å². The van der Waals surface area contributed by atoms with Gasteiger partial charge >= 0.3 is 23.2 Å². The fraction of sp³-hybridized carbons (Fsp3) is 0.125. The molecular formula is C8H4CuF3N4. The molecule has 88 valence electrons. The first kappa shape index (κ1) is 16.7. The van der Waals surface area contributed by atoms with Crippen LogP contribution in [0, 0.1) is 23.2 Å². The Labute approximate surface area is 100.0 Å². The van der Waals surface area contributed by atoms with Crippen LogP contribution in [0.3, 0.4) is 0 Å². The summed E-state index contributed by atoms with van der Waals surface area (Å²) in [5.74, 6) is -0.619. The van der Waals surface area contributed by atoms with Crippen LogP contribution in [-0.2, 0) is 23.2 Å². The zero-order chi connectivity index (χ0) is 12.1. The molecule has 0 aliphatic heterocycles. The van der Waals surface area contributed by atoms with Gasteiger partial charge in [0.2, 0.25) is 0 Å². The van der Waals surface area contributed by atoms with Crippen molar-refractivity contribution in [2.45, 2.75) is 6.18 Å². The van der Waals surface area contributed by atoms with E-state index in [1.165, 1.54) is 0 Å². The number of rotatable bonds is 0. The molecule has 1 aromatic heterocycles. The van der Waals surface area contributed by atoms with Crippen molar-refractivity contribution in [3.8, 4) is 6.07 Å². The average Bonchev–Trinajstić information content (AvgIpc) is 2.20. The molecule has 4 nitrogen and oxygen atoms in total. The summed E-state index contributed by atoms with van der Waals surface area (Å²) >= 11 is 0.